The zero-order chi connectivity index (χ0) is 15.6. The first kappa shape index (κ1) is 14.0. The van der Waals surface area contributed by atoms with Gasteiger partial charge in [0.15, 0.2) is 12.0 Å². The van der Waals surface area contributed by atoms with Crippen LogP contribution in [-0.4, -0.2) is 57.2 Å². The Balaban J connectivity index is 1.55. The molecule has 4 rings (SSSR count). The molecule has 2 aromatic heterocycles. The van der Waals surface area contributed by atoms with Crippen LogP contribution in [0.5, 0.6) is 0 Å². The molecule has 9 nitrogen and oxygen atoms in total. The number of rotatable bonds is 3. The molecule has 120 valence electrons. The molecule has 0 saturated carbocycles. The van der Waals surface area contributed by atoms with Crippen LogP contribution in [0.25, 0.3) is 5.70 Å². The molecule has 0 bridgehead atoms. The summed E-state index contributed by atoms with van der Waals surface area (Å²) in [7, 11) is 0. The number of hydrogen-bond acceptors (Lipinski definition) is 8. The fourth-order valence-corrected chi connectivity index (χ4v) is 2.66. The Bertz CT molecular complexity index is 697. The first-order chi connectivity index (χ1) is 11.3. The van der Waals surface area contributed by atoms with Crippen molar-refractivity contribution in [2.45, 2.75) is 6.23 Å². The maximum Gasteiger partial charge on any atom is 0.190 e. The van der Waals surface area contributed by atoms with Gasteiger partial charge in [-0.1, -0.05) is 0 Å². The molecule has 0 aliphatic carbocycles. The smallest absolute Gasteiger partial charge is 0.190 e. The Hall–Kier alpha value is -2.65. The molecular weight excluding hydrogens is 298 g/mol. The molecule has 1 atom stereocenters. The average molecular weight is 315 g/mol. The number of aliphatic hydroxyl groups excluding tert-OH is 1. The van der Waals surface area contributed by atoms with Crippen molar-refractivity contribution in [3.8, 4) is 0 Å². The lowest BCUT2D eigenvalue weighted by Gasteiger charge is -2.29. The van der Waals surface area contributed by atoms with Crippen LogP contribution >= 0.6 is 0 Å². The molecule has 0 radical (unpaired) electrons. The quantitative estimate of drug-likeness (QED) is 0.794. The summed E-state index contributed by atoms with van der Waals surface area (Å²) >= 11 is 0. The van der Waals surface area contributed by atoms with Crippen molar-refractivity contribution in [2.75, 3.05) is 36.2 Å². The maximum atomic E-state index is 10.5. The predicted octanol–water partition coefficient (Wildman–Crippen LogP) is -0.349. The van der Waals surface area contributed by atoms with Crippen molar-refractivity contribution in [3.63, 3.8) is 0 Å². The number of anilines is 2. The SMILES string of the molecule is OC1C(n2ccnc2)=CNN1c1cc(N2CCOCC2)ncn1. The van der Waals surface area contributed by atoms with Crippen LogP contribution in [0.15, 0.2) is 37.3 Å². The number of imidazole rings is 1. The molecule has 2 aromatic rings. The van der Waals surface area contributed by atoms with Crippen LogP contribution in [0.1, 0.15) is 0 Å². The van der Waals surface area contributed by atoms with E-state index in [0.717, 1.165) is 18.9 Å². The number of aromatic nitrogens is 4. The van der Waals surface area contributed by atoms with E-state index < -0.39 is 6.23 Å². The number of nitrogens with one attached hydrogen (secondary N) is 1. The first-order valence-corrected chi connectivity index (χ1v) is 7.39. The van der Waals surface area contributed by atoms with E-state index in [1.165, 1.54) is 6.33 Å². The van der Waals surface area contributed by atoms with Crippen molar-refractivity contribution >= 4 is 17.3 Å². The van der Waals surface area contributed by atoms with Crippen molar-refractivity contribution in [3.05, 3.63) is 37.3 Å². The van der Waals surface area contributed by atoms with Gasteiger partial charge in [0, 0.05) is 37.7 Å². The number of ether oxygens (including phenoxy) is 1. The second-order valence-corrected chi connectivity index (χ2v) is 5.25. The van der Waals surface area contributed by atoms with Gasteiger partial charge in [-0.15, -0.1) is 0 Å². The van der Waals surface area contributed by atoms with Crippen molar-refractivity contribution in [2.24, 2.45) is 0 Å². The minimum atomic E-state index is -0.864. The maximum absolute atomic E-state index is 10.5. The highest BCUT2D eigenvalue weighted by atomic mass is 16.5. The molecule has 23 heavy (non-hydrogen) atoms. The molecule has 2 aliphatic rings. The molecule has 0 amide bonds. The second-order valence-electron chi connectivity index (χ2n) is 5.25. The molecule has 4 heterocycles. The summed E-state index contributed by atoms with van der Waals surface area (Å²) in [6, 6.07) is 1.85. The molecule has 1 unspecified atom stereocenters. The van der Waals surface area contributed by atoms with E-state index in [1.54, 1.807) is 34.5 Å². The standard InChI is InChI=1S/C14H17N7O2/c22-14-11(20-2-1-15-10-20)8-18-21(14)13-7-12(16-9-17-13)19-3-5-23-6-4-19/h1-2,7-10,14,18,22H,3-6H2. The van der Waals surface area contributed by atoms with Crippen molar-refractivity contribution in [1.82, 2.24) is 24.9 Å². The van der Waals surface area contributed by atoms with Gasteiger partial charge < -0.3 is 19.3 Å². The lowest BCUT2D eigenvalue weighted by atomic mass is 10.3. The summed E-state index contributed by atoms with van der Waals surface area (Å²) in [4.78, 5) is 14.7. The van der Waals surface area contributed by atoms with Crippen LogP contribution in [0, 0.1) is 0 Å². The van der Waals surface area contributed by atoms with Crippen LogP contribution in [0.3, 0.4) is 0 Å². The zero-order valence-electron chi connectivity index (χ0n) is 12.4. The summed E-state index contributed by atoms with van der Waals surface area (Å²) in [5.41, 5.74) is 3.71. The normalized spacial score (nSPS) is 21.3. The van der Waals surface area contributed by atoms with E-state index in [9.17, 15) is 5.11 Å². The van der Waals surface area contributed by atoms with E-state index in [2.05, 4.69) is 25.3 Å². The van der Waals surface area contributed by atoms with Crippen LogP contribution in [0.4, 0.5) is 11.6 Å². The minimum absolute atomic E-state index is 0.598. The van der Waals surface area contributed by atoms with Gasteiger partial charge in [0.25, 0.3) is 0 Å². The van der Waals surface area contributed by atoms with Gasteiger partial charge in [-0.3, -0.25) is 5.43 Å². The Morgan fingerprint density at radius 1 is 1.22 bits per heavy atom. The van der Waals surface area contributed by atoms with Gasteiger partial charge in [-0.05, 0) is 0 Å². The number of aliphatic hydroxyl groups is 1. The largest absolute Gasteiger partial charge is 0.378 e. The fraction of sp³-hybridized carbons (Fsp3) is 0.357. The molecule has 1 fully saturated rings. The third-order valence-electron chi connectivity index (χ3n) is 3.88. The number of morpholine rings is 1. The third kappa shape index (κ3) is 2.60. The number of nitrogens with zero attached hydrogens (tertiary/aromatic N) is 6. The van der Waals surface area contributed by atoms with Crippen molar-refractivity contribution < 1.29 is 9.84 Å². The first-order valence-electron chi connectivity index (χ1n) is 7.39. The van der Waals surface area contributed by atoms with Crippen molar-refractivity contribution in [1.29, 1.82) is 0 Å². The van der Waals surface area contributed by atoms with Crippen LogP contribution < -0.4 is 15.3 Å². The Morgan fingerprint density at radius 3 is 2.83 bits per heavy atom. The molecular formula is C14H17N7O2. The molecule has 0 spiro atoms. The molecule has 2 N–H and O–H groups in total. The molecule has 0 aromatic carbocycles. The topological polar surface area (TPSA) is 91.6 Å². The van der Waals surface area contributed by atoms with E-state index in [1.807, 2.05) is 6.07 Å². The Labute approximate surface area is 132 Å². The monoisotopic (exact) mass is 315 g/mol. The Morgan fingerprint density at radius 2 is 2.04 bits per heavy atom. The van der Waals surface area contributed by atoms with Gasteiger partial charge in [-0.25, -0.2) is 20.0 Å². The average Bonchev–Trinajstić information content (AvgIpc) is 3.25. The summed E-state index contributed by atoms with van der Waals surface area (Å²) in [5.74, 6) is 1.42. The van der Waals surface area contributed by atoms with E-state index in [-0.39, 0.29) is 0 Å². The fourth-order valence-electron chi connectivity index (χ4n) is 2.66. The lowest BCUT2D eigenvalue weighted by molar-refractivity contribution is 0.122. The third-order valence-corrected chi connectivity index (χ3v) is 3.88. The lowest BCUT2D eigenvalue weighted by Crippen LogP contribution is -2.40. The highest BCUT2D eigenvalue weighted by Gasteiger charge is 2.28. The summed E-state index contributed by atoms with van der Waals surface area (Å²) < 4.78 is 7.11. The minimum Gasteiger partial charge on any atom is -0.378 e. The van der Waals surface area contributed by atoms with Crippen LogP contribution in [-0.2, 0) is 4.74 Å². The Kier molecular flexibility index (Phi) is 3.56. The predicted molar refractivity (Wildman–Crippen MR) is 83.2 cm³/mol. The van der Waals surface area contributed by atoms with E-state index in [0.29, 0.717) is 24.7 Å². The molecule has 9 heteroatoms. The van der Waals surface area contributed by atoms with Gasteiger partial charge in [0.2, 0.25) is 0 Å². The summed E-state index contributed by atoms with van der Waals surface area (Å²) in [6.45, 7) is 2.97. The summed E-state index contributed by atoms with van der Waals surface area (Å²) in [6.07, 6.45) is 7.44. The van der Waals surface area contributed by atoms with E-state index >= 15 is 0 Å². The van der Waals surface area contributed by atoms with Gasteiger partial charge in [0.1, 0.15) is 12.1 Å². The molecule has 2 aliphatic heterocycles. The van der Waals surface area contributed by atoms with Crippen LogP contribution in [0.2, 0.25) is 0 Å². The molecule has 1 saturated heterocycles. The van der Waals surface area contributed by atoms with E-state index in [4.69, 9.17) is 4.74 Å². The summed E-state index contributed by atoms with van der Waals surface area (Å²) in [5, 5.41) is 12.1. The van der Waals surface area contributed by atoms with Gasteiger partial charge >= 0.3 is 0 Å². The second kappa shape index (κ2) is 5.86. The van der Waals surface area contributed by atoms with Gasteiger partial charge in [0.05, 0.1) is 25.2 Å². The number of hydrazine groups is 1. The highest BCUT2D eigenvalue weighted by molar-refractivity contribution is 5.61. The number of hydrogen-bond donors (Lipinski definition) is 2. The van der Waals surface area contributed by atoms with Gasteiger partial charge in [-0.2, -0.15) is 0 Å². The zero-order valence-corrected chi connectivity index (χ0v) is 12.4. The highest BCUT2D eigenvalue weighted by Crippen LogP contribution is 2.25.